The van der Waals surface area contributed by atoms with Crippen molar-refractivity contribution in [3.63, 3.8) is 0 Å². The number of nitrogens with zero attached hydrogens (tertiary/aromatic N) is 1. The molecule has 0 fully saturated rings. The molecule has 0 spiro atoms. The second-order valence-electron chi connectivity index (χ2n) is 4.05. The lowest BCUT2D eigenvalue weighted by Gasteiger charge is -2.21. The van der Waals surface area contributed by atoms with Gasteiger partial charge in [-0.05, 0) is 24.1 Å². The Kier molecular flexibility index (Phi) is 6.90. The lowest BCUT2D eigenvalue weighted by Crippen LogP contribution is -2.29. The Labute approximate surface area is 113 Å². The van der Waals surface area contributed by atoms with Crippen LogP contribution >= 0.6 is 23.2 Å². The molecule has 0 aliphatic heterocycles. The molecule has 0 unspecified atom stereocenters. The van der Waals surface area contributed by atoms with E-state index in [1.165, 1.54) is 5.56 Å². The number of alkyl halides is 1. The van der Waals surface area contributed by atoms with Gasteiger partial charge >= 0.3 is 0 Å². The topological polar surface area (TPSA) is 12.5 Å². The van der Waals surface area contributed by atoms with Crippen molar-refractivity contribution in [2.75, 3.05) is 32.7 Å². The molecule has 4 heteroatoms. The average molecular weight is 276 g/mol. The molecule has 0 aromatic heterocycles. The highest BCUT2D eigenvalue weighted by Gasteiger charge is 2.08. The van der Waals surface area contributed by atoms with Crippen molar-refractivity contribution < 1.29 is 4.74 Å². The molecule has 1 aromatic carbocycles. The van der Waals surface area contributed by atoms with Crippen LogP contribution in [0.4, 0.5) is 0 Å². The highest BCUT2D eigenvalue weighted by atomic mass is 35.5. The Morgan fingerprint density at radius 3 is 2.65 bits per heavy atom. The maximum absolute atomic E-state index is 6.22. The van der Waals surface area contributed by atoms with E-state index in [1.54, 1.807) is 7.11 Å². The highest BCUT2D eigenvalue weighted by Crippen LogP contribution is 2.19. The Morgan fingerprint density at radius 1 is 1.29 bits per heavy atom. The van der Waals surface area contributed by atoms with Crippen molar-refractivity contribution in [1.29, 1.82) is 0 Å². The standard InChI is InChI=1S/C13H19Cl2NO/c1-11-3-4-12(13(15)9-11)10-16(6-5-14)7-8-17-2/h3-4,9H,5-8,10H2,1-2H3. The van der Waals surface area contributed by atoms with E-state index in [-0.39, 0.29) is 0 Å². The zero-order valence-corrected chi connectivity index (χ0v) is 11.9. The number of ether oxygens (including phenoxy) is 1. The minimum Gasteiger partial charge on any atom is -0.383 e. The molecule has 1 aromatic rings. The first kappa shape index (κ1) is 14.8. The van der Waals surface area contributed by atoms with Crippen molar-refractivity contribution in [3.8, 4) is 0 Å². The van der Waals surface area contributed by atoms with Gasteiger partial charge in [-0.15, -0.1) is 11.6 Å². The van der Waals surface area contributed by atoms with E-state index in [4.69, 9.17) is 27.9 Å². The van der Waals surface area contributed by atoms with Crippen molar-refractivity contribution >= 4 is 23.2 Å². The number of halogens is 2. The summed E-state index contributed by atoms with van der Waals surface area (Å²) in [7, 11) is 1.71. The van der Waals surface area contributed by atoms with Crippen molar-refractivity contribution in [1.82, 2.24) is 4.90 Å². The third kappa shape index (κ3) is 5.26. The summed E-state index contributed by atoms with van der Waals surface area (Å²) in [5.41, 5.74) is 2.32. The van der Waals surface area contributed by atoms with Gasteiger partial charge < -0.3 is 4.74 Å². The predicted octanol–water partition coefficient (Wildman–Crippen LogP) is 3.34. The zero-order chi connectivity index (χ0) is 12.7. The number of benzene rings is 1. The van der Waals surface area contributed by atoms with Crippen LogP contribution in [0, 0.1) is 6.92 Å². The normalized spacial score (nSPS) is 11.1. The van der Waals surface area contributed by atoms with Gasteiger partial charge in [-0.25, -0.2) is 0 Å². The fourth-order valence-corrected chi connectivity index (χ4v) is 2.17. The minimum absolute atomic E-state index is 0.618. The van der Waals surface area contributed by atoms with Gasteiger partial charge in [-0.3, -0.25) is 4.90 Å². The van der Waals surface area contributed by atoms with Gasteiger partial charge in [0.25, 0.3) is 0 Å². The Bertz CT molecular complexity index is 344. The van der Waals surface area contributed by atoms with Crippen LogP contribution in [0.25, 0.3) is 0 Å². The summed E-state index contributed by atoms with van der Waals surface area (Å²) in [4.78, 5) is 2.24. The largest absolute Gasteiger partial charge is 0.383 e. The third-order valence-corrected chi connectivity index (χ3v) is 3.14. The van der Waals surface area contributed by atoms with E-state index in [2.05, 4.69) is 17.0 Å². The van der Waals surface area contributed by atoms with Crippen LogP contribution in [0.2, 0.25) is 5.02 Å². The molecule has 0 amide bonds. The number of hydrogen-bond donors (Lipinski definition) is 0. The molecule has 2 nitrogen and oxygen atoms in total. The van der Waals surface area contributed by atoms with E-state index in [9.17, 15) is 0 Å². The van der Waals surface area contributed by atoms with Gasteiger partial charge in [-0.1, -0.05) is 23.7 Å². The van der Waals surface area contributed by atoms with E-state index < -0.39 is 0 Å². The highest BCUT2D eigenvalue weighted by molar-refractivity contribution is 6.31. The van der Waals surface area contributed by atoms with Crippen molar-refractivity contribution in [2.45, 2.75) is 13.5 Å². The first-order valence-electron chi connectivity index (χ1n) is 5.69. The van der Waals surface area contributed by atoms with Crippen LogP contribution in [0.1, 0.15) is 11.1 Å². The summed E-state index contributed by atoms with van der Waals surface area (Å²) in [6.45, 7) is 5.27. The van der Waals surface area contributed by atoms with Crippen LogP contribution in [0.3, 0.4) is 0 Å². The molecule has 0 N–H and O–H groups in total. The van der Waals surface area contributed by atoms with Crippen LogP contribution in [-0.4, -0.2) is 37.6 Å². The van der Waals surface area contributed by atoms with Gasteiger partial charge in [0.1, 0.15) is 0 Å². The summed E-state index contributed by atoms with van der Waals surface area (Å²) in [5.74, 6) is 0.618. The summed E-state index contributed by atoms with van der Waals surface area (Å²) >= 11 is 12.0. The average Bonchev–Trinajstić information content (AvgIpc) is 2.29. The van der Waals surface area contributed by atoms with Crippen LogP contribution < -0.4 is 0 Å². The van der Waals surface area contributed by atoms with Gasteiger partial charge in [0.2, 0.25) is 0 Å². The Balaban J connectivity index is 2.64. The molecular weight excluding hydrogens is 257 g/mol. The first-order chi connectivity index (χ1) is 8.17. The fourth-order valence-electron chi connectivity index (χ4n) is 1.63. The quantitative estimate of drug-likeness (QED) is 0.708. The maximum Gasteiger partial charge on any atom is 0.0589 e. The Morgan fingerprint density at radius 2 is 2.06 bits per heavy atom. The second-order valence-corrected chi connectivity index (χ2v) is 4.84. The summed E-state index contributed by atoms with van der Waals surface area (Å²) in [6, 6.07) is 6.15. The Hall–Kier alpha value is -0.280. The van der Waals surface area contributed by atoms with Crippen LogP contribution in [0.15, 0.2) is 18.2 Å². The molecule has 17 heavy (non-hydrogen) atoms. The van der Waals surface area contributed by atoms with Crippen molar-refractivity contribution in [3.05, 3.63) is 34.3 Å². The number of hydrogen-bond acceptors (Lipinski definition) is 2. The van der Waals surface area contributed by atoms with Gasteiger partial charge in [0.15, 0.2) is 0 Å². The van der Waals surface area contributed by atoms with E-state index in [1.807, 2.05) is 13.0 Å². The lowest BCUT2D eigenvalue weighted by atomic mass is 10.1. The SMILES string of the molecule is COCCN(CCCl)Cc1ccc(C)cc1Cl. The van der Waals surface area contributed by atoms with E-state index in [0.29, 0.717) is 12.5 Å². The predicted molar refractivity (Wildman–Crippen MR) is 74.1 cm³/mol. The molecule has 0 aliphatic carbocycles. The van der Waals surface area contributed by atoms with Crippen molar-refractivity contribution in [2.24, 2.45) is 0 Å². The monoisotopic (exact) mass is 275 g/mol. The molecular formula is C13H19Cl2NO. The lowest BCUT2D eigenvalue weighted by molar-refractivity contribution is 0.148. The van der Waals surface area contributed by atoms with E-state index >= 15 is 0 Å². The minimum atomic E-state index is 0.618. The molecule has 0 atom stereocenters. The zero-order valence-electron chi connectivity index (χ0n) is 10.4. The van der Waals surface area contributed by atoms with Crippen LogP contribution in [0.5, 0.6) is 0 Å². The molecule has 0 heterocycles. The number of rotatable bonds is 7. The fraction of sp³-hybridized carbons (Fsp3) is 0.538. The van der Waals surface area contributed by atoms with Gasteiger partial charge in [0.05, 0.1) is 6.61 Å². The molecule has 1 rings (SSSR count). The molecule has 0 saturated carbocycles. The summed E-state index contributed by atoms with van der Waals surface area (Å²) < 4.78 is 5.09. The van der Waals surface area contributed by atoms with Crippen LogP contribution in [-0.2, 0) is 11.3 Å². The first-order valence-corrected chi connectivity index (χ1v) is 6.61. The van der Waals surface area contributed by atoms with Gasteiger partial charge in [0, 0.05) is 37.6 Å². The molecule has 96 valence electrons. The summed E-state index contributed by atoms with van der Waals surface area (Å²) in [5, 5.41) is 0.821. The molecule has 0 radical (unpaired) electrons. The molecule has 0 bridgehead atoms. The third-order valence-electron chi connectivity index (χ3n) is 2.61. The van der Waals surface area contributed by atoms with Gasteiger partial charge in [-0.2, -0.15) is 0 Å². The van der Waals surface area contributed by atoms with E-state index in [0.717, 1.165) is 30.2 Å². The maximum atomic E-state index is 6.22. The molecule has 0 saturated heterocycles. The number of methoxy groups -OCH3 is 1. The smallest absolute Gasteiger partial charge is 0.0589 e. The number of aryl methyl sites for hydroxylation is 1. The molecule has 0 aliphatic rings. The summed E-state index contributed by atoms with van der Waals surface area (Å²) in [6.07, 6.45) is 0. The second kappa shape index (κ2) is 7.93.